The Kier molecular flexibility index (Phi) is 4.55. The topological polar surface area (TPSA) is 55.1 Å². The molecular weight excluding hydrogens is 311 g/mol. The fourth-order valence-corrected chi connectivity index (χ4v) is 2.07. The summed E-state index contributed by atoms with van der Waals surface area (Å²) in [4.78, 5) is 12.3. The molecule has 0 saturated heterocycles. The zero-order valence-corrected chi connectivity index (χ0v) is 12.7. The molecule has 0 radical (unpaired) electrons. The summed E-state index contributed by atoms with van der Waals surface area (Å²) in [6.45, 7) is 1.77. The molecule has 0 aliphatic heterocycles. The maximum atomic E-state index is 13.7. The molecule has 108 valence electrons. The molecule has 3 nitrogen and oxygen atoms in total. The summed E-state index contributed by atoms with van der Waals surface area (Å²) in [5.74, 6) is -1.18. The lowest BCUT2D eigenvalue weighted by Gasteiger charge is -2.10. The first-order valence-electron chi connectivity index (χ1n) is 6.05. The normalized spacial score (nSPS) is 10.2. The first kappa shape index (κ1) is 15.4. The number of nitrogens with one attached hydrogen (secondary N) is 1. The van der Waals surface area contributed by atoms with E-state index in [1.165, 1.54) is 12.1 Å². The van der Waals surface area contributed by atoms with Gasteiger partial charge in [0.05, 0.1) is 16.3 Å². The maximum Gasteiger partial charge on any atom is 0.258 e. The lowest BCUT2D eigenvalue weighted by atomic mass is 10.1. The third-order valence-corrected chi connectivity index (χ3v) is 3.43. The summed E-state index contributed by atoms with van der Waals surface area (Å²) in [6, 6.07) is 9.07. The molecule has 0 bridgehead atoms. The van der Waals surface area contributed by atoms with Gasteiger partial charge in [0, 0.05) is 5.56 Å². The molecule has 0 fully saturated rings. The predicted octanol–water partition coefficient (Wildman–Crippen LogP) is 3.67. The lowest BCUT2D eigenvalue weighted by Crippen LogP contribution is -2.15. The van der Waals surface area contributed by atoms with Crippen LogP contribution in [0.15, 0.2) is 36.4 Å². The highest BCUT2D eigenvalue weighted by Gasteiger charge is 2.14. The van der Waals surface area contributed by atoms with Crippen molar-refractivity contribution in [2.24, 2.45) is 5.73 Å². The van der Waals surface area contributed by atoms with E-state index in [4.69, 9.17) is 29.6 Å². The standard InChI is InChI=1S/C15H12ClFN2OS/c1-8-2-5-12(17)10(6-8)15(20)19-13-7-9(14(18)21)3-4-11(13)16/h2-7H,1H3,(H2,18,21)(H,19,20). The summed E-state index contributed by atoms with van der Waals surface area (Å²) in [5.41, 5.74) is 7.16. The summed E-state index contributed by atoms with van der Waals surface area (Å²) >= 11 is 10.9. The highest BCUT2D eigenvalue weighted by Crippen LogP contribution is 2.24. The van der Waals surface area contributed by atoms with Gasteiger partial charge in [0.2, 0.25) is 0 Å². The minimum Gasteiger partial charge on any atom is -0.389 e. The van der Waals surface area contributed by atoms with Crippen molar-refractivity contribution in [2.75, 3.05) is 5.32 Å². The van der Waals surface area contributed by atoms with Crippen LogP contribution in [0.5, 0.6) is 0 Å². The van der Waals surface area contributed by atoms with Crippen molar-refractivity contribution in [3.05, 3.63) is 63.9 Å². The third kappa shape index (κ3) is 3.56. The van der Waals surface area contributed by atoms with Gasteiger partial charge in [0.15, 0.2) is 0 Å². The smallest absolute Gasteiger partial charge is 0.258 e. The van der Waals surface area contributed by atoms with E-state index in [1.807, 2.05) is 0 Å². The quantitative estimate of drug-likeness (QED) is 0.848. The van der Waals surface area contributed by atoms with Crippen LogP contribution in [0.3, 0.4) is 0 Å². The zero-order valence-electron chi connectivity index (χ0n) is 11.1. The Morgan fingerprint density at radius 1 is 1.29 bits per heavy atom. The SMILES string of the molecule is Cc1ccc(F)c(C(=O)Nc2cc(C(N)=S)ccc2Cl)c1. The monoisotopic (exact) mass is 322 g/mol. The van der Waals surface area contributed by atoms with E-state index in [9.17, 15) is 9.18 Å². The number of aryl methyl sites for hydroxylation is 1. The Hall–Kier alpha value is -1.98. The number of carbonyl (C=O) groups excluding carboxylic acids is 1. The van der Waals surface area contributed by atoms with Gasteiger partial charge in [0.25, 0.3) is 5.91 Å². The molecule has 0 aliphatic rings. The van der Waals surface area contributed by atoms with E-state index in [2.05, 4.69) is 5.32 Å². The van der Waals surface area contributed by atoms with Gasteiger partial charge in [-0.2, -0.15) is 0 Å². The number of benzene rings is 2. The van der Waals surface area contributed by atoms with Crippen molar-refractivity contribution in [3.63, 3.8) is 0 Å². The third-order valence-electron chi connectivity index (χ3n) is 2.87. The summed E-state index contributed by atoms with van der Waals surface area (Å²) in [7, 11) is 0. The second-order valence-electron chi connectivity index (χ2n) is 4.50. The van der Waals surface area contributed by atoms with Crippen molar-refractivity contribution in [1.82, 2.24) is 0 Å². The molecule has 3 N–H and O–H groups in total. The van der Waals surface area contributed by atoms with Crippen LogP contribution in [0.25, 0.3) is 0 Å². The van der Waals surface area contributed by atoms with Crippen molar-refractivity contribution >= 4 is 40.4 Å². The van der Waals surface area contributed by atoms with E-state index in [0.717, 1.165) is 5.56 Å². The number of halogens is 2. The van der Waals surface area contributed by atoms with E-state index in [1.54, 1.807) is 31.2 Å². The van der Waals surface area contributed by atoms with Crippen molar-refractivity contribution in [3.8, 4) is 0 Å². The minimum atomic E-state index is -0.597. The van der Waals surface area contributed by atoms with Crippen molar-refractivity contribution in [2.45, 2.75) is 6.92 Å². The maximum absolute atomic E-state index is 13.7. The van der Waals surface area contributed by atoms with Crippen LogP contribution in [0.2, 0.25) is 5.02 Å². The average molecular weight is 323 g/mol. The van der Waals surface area contributed by atoms with E-state index in [0.29, 0.717) is 16.3 Å². The molecular formula is C15H12ClFN2OS. The van der Waals surface area contributed by atoms with Crippen molar-refractivity contribution < 1.29 is 9.18 Å². The van der Waals surface area contributed by atoms with Gasteiger partial charge in [-0.25, -0.2) is 4.39 Å². The number of thiocarbonyl (C=S) groups is 1. The first-order valence-corrected chi connectivity index (χ1v) is 6.84. The number of nitrogens with two attached hydrogens (primary N) is 1. The second-order valence-corrected chi connectivity index (χ2v) is 5.34. The molecule has 0 atom stereocenters. The molecule has 0 heterocycles. The van der Waals surface area contributed by atoms with E-state index < -0.39 is 11.7 Å². The number of amides is 1. The van der Waals surface area contributed by atoms with Crippen LogP contribution >= 0.6 is 23.8 Å². The average Bonchev–Trinajstić information content (AvgIpc) is 2.43. The molecule has 1 amide bonds. The van der Waals surface area contributed by atoms with Crippen LogP contribution in [0.1, 0.15) is 21.5 Å². The fraction of sp³-hybridized carbons (Fsp3) is 0.0667. The number of rotatable bonds is 3. The molecule has 21 heavy (non-hydrogen) atoms. The van der Waals surface area contributed by atoms with Gasteiger partial charge >= 0.3 is 0 Å². The molecule has 2 aromatic carbocycles. The van der Waals surface area contributed by atoms with E-state index >= 15 is 0 Å². The number of hydrogen-bond donors (Lipinski definition) is 2. The highest BCUT2D eigenvalue weighted by molar-refractivity contribution is 7.80. The molecule has 0 aliphatic carbocycles. The van der Waals surface area contributed by atoms with E-state index in [-0.39, 0.29) is 10.6 Å². The van der Waals surface area contributed by atoms with Crippen LogP contribution in [-0.2, 0) is 0 Å². The number of hydrogen-bond acceptors (Lipinski definition) is 2. The Bertz CT molecular complexity index is 734. The van der Waals surface area contributed by atoms with Crippen LogP contribution < -0.4 is 11.1 Å². The zero-order chi connectivity index (χ0) is 15.6. The Balaban J connectivity index is 2.33. The number of carbonyl (C=O) groups is 1. The first-order chi connectivity index (χ1) is 9.88. The number of anilines is 1. The predicted molar refractivity (Wildman–Crippen MR) is 86.4 cm³/mol. The molecule has 2 rings (SSSR count). The van der Waals surface area contributed by atoms with Crippen LogP contribution in [-0.4, -0.2) is 10.9 Å². The molecule has 0 aromatic heterocycles. The Morgan fingerprint density at radius 2 is 2.00 bits per heavy atom. The molecule has 2 aromatic rings. The van der Waals surface area contributed by atoms with Crippen molar-refractivity contribution in [1.29, 1.82) is 0 Å². The summed E-state index contributed by atoms with van der Waals surface area (Å²) in [6.07, 6.45) is 0. The van der Waals surface area contributed by atoms with Crippen LogP contribution in [0, 0.1) is 12.7 Å². The minimum absolute atomic E-state index is 0.0493. The molecule has 0 unspecified atom stereocenters. The molecule has 6 heteroatoms. The highest BCUT2D eigenvalue weighted by atomic mass is 35.5. The largest absolute Gasteiger partial charge is 0.389 e. The fourth-order valence-electron chi connectivity index (χ4n) is 1.78. The molecule has 0 spiro atoms. The van der Waals surface area contributed by atoms with Crippen LogP contribution in [0.4, 0.5) is 10.1 Å². The Morgan fingerprint density at radius 3 is 2.67 bits per heavy atom. The Labute approximate surface area is 131 Å². The van der Waals surface area contributed by atoms with Gasteiger partial charge < -0.3 is 11.1 Å². The lowest BCUT2D eigenvalue weighted by molar-refractivity contribution is 0.102. The molecule has 0 saturated carbocycles. The van der Waals surface area contributed by atoms with Gasteiger partial charge in [-0.15, -0.1) is 0 Å². The van der Waals surface area contributed by atoms with Gasteiger partial charge in [-0.1, -0.05) is 41.5 Å². The summed E-state index contributed by atoms with van der Waals surface area (Å²) in [5, 5.41) is 2.88. The van der Waals surface area contributed by atoms with Gasteiger partial charge in [-0.05, 0) is 31.2 Å². The second kappa shape index (κ2) is 6.20. The van der Waals surface area contributed by atoms with Gasteiger partial charge in [-0.3, -0.25) is 4.79 Å². The summed E-state index contributed by atoms with van der Waals surface area (Å²) < 4.78 is 13.7. The van der Waals surface area contributed by atoms with Gasteiger partial charge in [0.1, 0.15) is 10.8 Å².